The lowest BCUT2D eigenvalue weighted by Gasteiger charge is -2.12. The maximum Gasteiger partial charge on any atom is 0.222 e. The van der Waals surface area contributed by atoms with Crippen LogP contribution in [0.25, 0.3) is 0 Å². The summed E-state index contributed by atoms with van der Waals surface area (Å²) in [6.45, 7) is 6.01. The van der Waals surface area contributed by atoms with Crippen molar-refractivity contribution >= 4 is 17.7 Å². The van der Waals surface area contributed by atoms with Gasteiger partial charge in [-0.15, -0.1) is 10.2 Å². The van der Waals surface area contributed by atoms with E-state index in [0.717, 1.165) is 11.6 Å². The zero-order valence-electron chi connectivity index (χ0n) is 9.34. The van der Waals surface area contributed by atoms with Crippen molar-refractivity contribution in [1.29, 1.82) is 0 Å². The molecule has 15 heavy (non-hydrogen) atoms. The van der Waals surface area contributed by atoms with Gasteiger partial charge < -0.3 is 10.8 Å². The van der Waals surface area contributed by atoms with Crippen LogP contribution in [-0.2, 0) is 0 Å². The van der Waals surface area contributed by atoms with Crippen LogP contribution < -0.4 is 5.73 Å². The van der Waals surface area contributed by atoms with E-state index in [-0.39, 0.29) is 12.1 Å². The summed E-state index contributed by atoms with van der Waals surface area (Å²) in [5.41, 5.74) is 5.69. The van der Waals surface area contributed by atoms with Crippen LogP contribution >= 0.6 is 11.8 Å². The van der Waals surface area contributed by atoms with Crippen molar-refractivity contribution in [2.24, 2.45) is 0 Å². The summed E-state index contributed by atoms with van der Waals surface area (Å²) < 4.78 is 1.87. The highest BCUT2D eigenvalue weighted by Crippen LogP contribution is 2.23. The smallest absolute Gasteiger partial charge is 0.222 e. The number of nitrogen functional groups attached to an aromatic ring is 1. The fourth-order valence-corrected chi connectivity index (χ4v) is 2.28. The van der Waals surface area contributed by atoms with Crippen molar-refractivity contribution in [2.75, 3.05) is 11.5 Å². The number of aromatic nitrogens is 3. The first kappa shape index (κ1) is 12.3. The number of nitrogens with zero attached hydrogens (tertiary/aromatic N) is 3. The van der Waals surface area contributed by atoms with Crippen molar-refractivity contribution in [3.8, 4) is 0 Å². The van der Waals surface area contributed by atoms with E-state index in [0.29, 0.717) is 11.7 Å². The van der Waals surface area contributed by atoms with Crippen LogP contribution in [0, 0.1) is 0 Å². The Hall–Kier alpha value is -0.750. The molecule has 0 amide bonds. The number of nitrogens with two attached hydrogens (primary N) is 1. The average Bonchev–Trinajstić information content (AvgIpc) is 2.56. The van der Waals surface area contributed by atoms with Crippen LogP contribution in [0.5, 0.6) is 0 Å². The molecule has 0 saturated carbocycles. The molecule has 1 unspecified atom stereocenters. The Morgan fingerprint density at radius 3 is 2.67 bits per heavy atom. The minimum atomic E-state index is -0.298. The molecule has 0 fully saturated rings. The first-order valence-electron chi connectivity index (χ1n) is 5.07. The predicted molar refractivity (Wildman–Crippen MR) is 61.8 cm³/mol. The van der Waals surface area contributed by atoms with Crippen LogP contribution in [-0.4, -0.2) is 31.7 Å². The lowest BCUT2D eigenvalue weighted by Crippen LogP contribution is -2.10. The Morgan fingerprint density at radius 2 is 2.13 bits per heavy atom. The number of hydrogen-bond acceptors (Lipinski definition) is 5. The molecule has 0 aliphatic rings. The summed E-state index contributed by atoms with van der Waals surface area (Å²) in [7, 11) is 0. The van der Waals surface area contributed by atoms with Gasteiger partial charge in [0.2, 0.25) is 5.95 Å². The first-order chi connectivity index (χ1) is 7.06. The van der Waals surface area contributed by atoms with Gasteiger partial charge in [-0.1, -0.05) is 18.7 Å². The molecule has 86 valence electrons. The highest BCUT2D eigenvalue weighted by molar-refractivity contribution is 7.99. The lowest BCUT2D eigenvalue weighted by molar-refractivity contribution is 0.195. The number of thioether (sulfide) groups is 1. The second-order valence-corrected chi connectivity index (χ2v) is 4.66. The van der Waals surface area contributed by atoms with E-state index in [4.69, 9.17) is 5.73 Å². The van der Waals surface area contributed by atoms with Gasteiger partial charge in [-0.25, -0.2) is 0 Å². The second-order valence-electron chi connectivity index (χ2n) is 3.68. The highest BCUT2D eigenvalue weighted by atomic mass is 32.2. The molecule has 1 aromatic heterocycles. The van der Waals surface area contributed by atoms with E-state index in [2.05, 4.69) is 10.2 Å². The summed E-state index contributed by atoms with van der Waals surface area (Å²) in [5, 5.41) is 18.0. The van der Waals surface area contributed by atoms with Gasteiger partial charge in [-0.2, -0.15) is 0 Å². The number of aliphatic hydroxyl groups is 1. The van der Waals surface area contributed by atoms with Crippen molar-refractivity contribution in [1.82, 2.24) is 14.8 Å². The van der Waals surface area contributed by atoms with Crippen molar-refractivity contribution < 1.29 is 5.11 Å². The molecule has 0 aromatic carbocycles. The standard InChI is InChI=1S/C9H18N4OS/c1-4-7(14)5-15-9-12-11-8(10)13(9)6(2)3/h6-7,14H,4-5H2,1-3H3,(H2,10,11). The van der Waals surface area contributed by atoms with Crippen LogP contribution in [0.15, 0.2) is 5.16 Å². The molecule has 1 aromatic rings. The molecule has 1 heterocycles. The Balaban J connectivity index is 2.68. The molecule has 3 N–H and O–H groups in total. The molecule has 0 aliphatic carbocycles. The molecular formula is C9H18N4OS. The summed E-state index contributed by atoms with van der Waals surface area (Å²) in [6.07, 6.45) is 0.451. The van der Waals surface area contributed by atoms with Crippen LogP contribution in [0.3, 0.4) is 0 Å². The molecule has 6 heteroatoms. The largest absolute Gasteiger partial charge is 0.392 e. The number of anilines is 1. The van der Waals surface area contributed by atoms with Gasteiger partial charge in [-0.3, -0.25) is 4.57 Å². The topological polar surface area (TPSA) is 77.0 Å². The normalized spacial score (nSPS) is 13.4. The van der Waals surface area contributed by atoms with Gasteiger partial charge in [0.1, 0.15) is 0 Å². The van der Waals surface area contributed by atoms with Crippen LogP contribution in [0.4, 0.5) is 5.95 Å². The first-order valence-corrected chi connectivity index (χ1v) is 6.06. The Bertz CT molecular complexity index is 313. The van der Waals surface area contributed by atoms with E-state index in [9.17, 15) is 5.11 Å². The number of hydrogen-bond donors (Lipinski definition) is 2. The average molecular weight is 230 g/mol. The maximum atomic E-state index is 9.45. The molecule has 0 saturated heterocycles. The number of aliphatic hydroxyl groups excluding tert-OH is 1. The van der Waals surface area contributed by atoms with Gasteiger partial charge in [0.25, 0.3) is 0 Å². The van der Waals surface area contributed by atoms with Crippen LogP contribution in [0.1, 0.15) is 33.2 Å². The zero-order valence-corrected chi connectivity index (χ0v) is 10.2. The van der Waals surface area contributed by atoms with E-state index in [1.54, 1.807) is 0 Å². The lowest BCUT2D eigenvalue weighted by atomic mass is 10.3. The fourth-order valence-electron chi connectivity index (χ4n) is 1.16. The summed E-state index contributed by atoms with van der Waals surface area (Å²) in [4.78, 5) is 0. The summed E-state index contributed by atoms with van der Waals surface area (Å²) in [5.74, 6) is 1.06. The molecule has 1 atom stereocenters. The molecule has 0 radical (unpaired) electrons. The van der Waals surface area contributed by atoms with Gasteiger partial charge in [0.15, 0.2) is 5.16 Å². The minimum Gasteiger partial charge on any atom is -0.392 e. The maximum absolute atomic E-state index is 9.45. The van der Waals surface area contributed by atoms with Gasteiger partial charge in [-0.05, 0) is 20.3 Å². The molecule has 1 rings (SSSR count). The Labute approximate surface area is 94.1 Å². The summed E-state index contributed by atoms with van der Waals surface area (Å²) in [6, 6.07) is 0.237. The third-order valence-corrected chi connectivity index (χ3v) is 3.17. The fraction of sp³-hybridized carbons (Fsp3) is 0.778. The molecule has 0 bridgehead atoms. The SMILES string of the molecule is CCC(O)CSc1nnc(N)n1C(C)C. The Morgan fingerprint density at radius 1 is 1.47 bits per heavy atom. The van der Waals surface area contributed by atoms with E-state index < -0.39 is 0 Å². The van der Waals surface area contributed by atoms with Crippen molar-refractivity contribution in [3.05, 3.63) is 0 Å². The van der Waals surface area contributed by atoms with Crippen molar-refractivity contribution in [3.63, 3.8) is 0 Å². The van der Waals surface area contributed by atoms with Crippen molar-refractivity contribution in [2.45, 2.75) is 44.5 Å². The summed E-state index contributed by atoms with van der Waals surface area (Å²) >= 11 is 1.49. The third kappa shape index (κ3) is 3.10. The molecule has 0 aliphatic heterocycles. The molecule has 0 spiro atoms. The quantitative estimate of drug-likeness (QED) is 0.746. The van der Waals surface area contributed by atoms with Gasteiger partial charge in [0, 0.05) is 11.8 Å². The molecular weight excluding hydrogens is 212 g/mol. The van der Waals surface area contributed by atoms with Gasteiger partial charge in [0.05, 0.1) is 6.10 Å². The molecule has 5 nitrogen and oxygen atoms in total. The zero-order chi connectivity index (χ0) is 11.4. The number of rotatable bonds is 5. The monoisotopic (exact) mass is 230 g/mol. The van der Waals surface area contributed by atoms with Gasteiger partial charge >= 0.3 is 0 Å². The highest BCUT2D eigenvalue weighted by Gasteiger charge is 2.13. The van der Waals surface area contributed by atoms with E-state index in [1.165, 1.54) is 11.8 Å². The minimum absolute atomic E-state index is 0.237. The van der Waals surface area contributed by atoms with Crippen LogP contribution in [0.2, 0.25) is 0 Å². The Kier molecular flexibility index (Phi) is 4.41. The van der Waals surface area contributed by atoms with E-state index >= 15 is 0 Å². The predicted octanol–water partition coefficient (Wildman–Crippen LogP) is 1.30. The third-order valence-electron chi connectivity index (χ3n) is 2.08. The van der Waals surface area contributed by atoms with E-state index in [1.807, 2.05) is 25.3 Å². The second kappa shape index (κ2) is 5.37.